The van der Waals surface area contributed by atoms with E-state index in [1.165, 1.54) is 6.92 Å². The molecule has 0 unspecified atom stereocenters. The first-order valence-electron chi connectivity index (χ1n) is 6.92. The number of benzene rings is 1. The third-order valence-corrected chi connectivity index (χ3v) is 3.07. The lowest BCUT2D eigenvalue weighted by Crippen LogP contribution is -2.42. The van der Waals surface area contributed by atoms with Gasteiger partial charge in [0.2, 0.25) is 0 Å². The maximum absolute atomic E-state index is 13.0. The Balaban J connectivity index is 2.74. The van der Waals surface area contributed by atoms with Crippen LogP contribution in [0.5, 0.6) is 0 Å². The average molecular weight is 342 g/mol. The minimum Gasteiger partial charge on any atom is -0.462 e. The van der Waals surface area contributed by atoms with Gasteiger partial charge in [-0.15, -0.1) is 0 Å². The van der Waals surface area contributed by atoms with Gasteiger partial charge in [-0.05, 0) is 31.2 Å². The van der Waals surface area contributed by atoms with Gasteiger partial charge in [-0.2, -0.15) is 0 Å². The maximum Gasteiger partial charge on any atom is 0.345 e. The van der Waals surface area contributed by atoms with E-state index >= 15 is 0 Å². The van der Waals surface area contributed by atoms with Gasteiger partial charge in [-0.3, -0.25) is 9.36 Å². The number of hydrogen-bond acceptors (Lipinski definition) is 4. The molecule has 2 aromatic rings. The van der Waals surface area contributed by atoms with Crippen LogP contribution in [0.15, 0.2) is 40.1 Å². The minimum atomic E-state index is -2.88. The Labute approximate surface area is 133 Å². The highest BCUT2D eigenvalue weighted by molar-refractivity contribution is 5.88. The fraction of sp³-hybridized carbons (Fsp3) is 0.267. The van der Waals surface area contributed by atoms with Crippen molar-refractivity contribution in [3.8, 4) is 5.69 Å². The number of halogens is 3. The van der Waals surface area contributed by atoms with Gasteiger partial charge in [0.05, 0.1) is 18.8 Å². The van der Waals surface area contributed by atoms with Crippen LogP contribution in [-0.2, 0) is 11.3 Å². The van der Waals surface area contributed by atoms with Gasteiger partial charge in [0.1, 0.15) is 11.4 Å². The van der Waals surface area contributed by atoms with Crippen molar-refractivity contribution in [3.63, 3.8) is 0 Å². The highest BCUT2D eigenvalue weighted by Gasteiger charge is 2.20. The Hall–Kier alpha value is -2.84. The van der Waals surface area contributed by atoms with Crippen LogP contribution in [0.2, 0.25) is 0 Å². The summed E-state index contributed by atoms with van der Waals surface area (Å²) in [7, 11) is 0. The summed E-state index contributed by atoms with van der Waals surface area (Å²) in [6.45, 7) is 0.459. The van der Waals surface area contributed by atoms with E-state index in [4.69, 9.17) is 4.74 Å². The molecule has 0 aliphatic heterocycles. The molecule has 0 fully saturated rings. The molecule has 0 aliphatic rings. The summed E-state index contributed by atoms with van der Waals surface area (Å²) in [5.74, 6) is -1.65. The van der Waals surface area contributed by atoms with Crippen molar-refractivity contribution < 1.29 is 22.7 Å². The number of esters is 1. The molecule has 6 nitrogen and oxygen atoms in total. The zero-order valence-electron chi connectivity index (χ0n) is 12.5. The first-order valence-corrected chi connectivity index (χ1v) is 6.92. The Kier molecular flexibility index (Phi) is 5.22. The number of rotatable bonds is 5. The third kappa shape index (κ3) is 3.55. The second kappa shape index (κ2) is 7.16. The Morgan fingerprint density at radius 1 is 1.21 bits per heavy atom. The molecule has 1 heterocycles. The molecule has 0 atom stereocenters. The van der Waals surface area contributed by atoms with Gasteiger partial charge in [-0.25, -0.2) is 27.3 Å². The largest absolute Gasteiger partial charge is 0.462 e. The predicted molar refractivity (Wildman–Crippen MR) is 78.2 cm³/mol. The Morgan fingerprint density at radius 3 is 2.38 bits per heavy atom. The van der Waals surface area contributed by atoms with E-state index in [0.717, 1.165) is 30.5 Å². The van der Waals surface area contributed by atoms with Gasteiger partial charge in [0.25, 0.3) is 12.0 Å². The lowest BCUT2D eigenvalue weighted by atomic mass is 10.2. The standard InChI is InChI=1S/C15H13F3N2O4/c1-2-24-14(22)11-7-19(8-12(17)18)15(23)20(13(11)21)10-5-3-9(16)4-6-10/h3-7,12H,2,8H2,1H3. The van der Waals surface area contributed by atoms with Crippen LogP contribution >= 0.6 is 0 Å². The fourth-order valence-electron chi connectivity index (χ4n) is 2.05. The summed E-state index contributed by atoms with van der Waals surface area (Å²) < 4.78 is 44.1. The van der Waals surface area contributed by atoms with Crippen molar-refractivity contribution in [1.29, 1.82) is 0 Å². The van der Waals surface area contributed by atoms with E-state index in [0.29, 0.717) is 9.13 Å². The van der Waals surface area contributed by atoms with E-state index in [-0.39, 0.29) is 12.3 Å². The molecular formula is C15H13F3N2O4. The maximum atomic E-state index is 13.0. The molecule has 0 saturated carbocycles. The lowest BCUT2D eigenvalue weighted by molar-refractivity contribution is 0.0520. The minimum absolute atomic E-state index is 0.0389. The van der Waals surface area contributed by atoms with Crippen LogP contribution in [0.25, 0.3) is 5.69 Å². The summed E-state index contributed by atoms with van der Waals surface area (Å²) in [6, 6.07) is 4.24. The number of aromatic nitrogens is 2. The van der Waals surface area contributed by atoms with E-state index in [9.17, 15) is 27.6 Å². The van der Waals surface area contributed by atoms with E-state index in [1.807, 2.05) is 0 Å². The van der Waals surface area contributed by atoms with Crippen LogP contribution < -0.4 is 11.2 Å². The molecular weight excluding hydrogens is 329 g/mol. The monoisotopic (exact) mass is 342 g/mol. The molecule has 128 valence electrons. The quantitative estimate of drug-likeness (QED) is 0.774. The van der Waals surface area contributed by atoms with Crippen molar-refractivity contribution in [2.24, 2.45) is 0 Å². The number of carbonyl (C=O) groups excluding carboxylic acids is 1. The number of ether oxygens (including phenoxy) is 1. The summed E-state index contributed by atoms with van der Waals surface area (Å²) >= 11 is 0. The van der Waals surface area contributed by atoms with E-state index in [2.05, 4.69) is 0 Å². The summed E-state index contributed by atoms with van der Waals surface area (Å²) in [5.41, 5.74) is -2.72. The van der Waals surface area contributed by atoms with Gasteiger partial charge in [-0.1, -0.05) is 0 Å². The number of nitrogens with zero attached hydrogens (tertiary/aromatic N) is 2. The molecule has 0 amide bonds. The van der Waals surface area contributed by atoms with Crippen LogP contribution in [-0.4, -0.2) is 28.1 Å². The number of alkyl halides is 2. The van der Waals surface area contributed by atoms with E-state index in [1.54, 1.807) is 0 Å². The molecule has 9 heteroatoms. The van der Waals surface area contributed by atoms with Gasteiger partial charge >= 0.3 is 11.7 Å². The molecule has 0 radical (unpaired) electrons. The molecule has 1 aromatic carbocycles. The molecule has 0 saturated heterocycles. The number of hydrogen-bond donors (Lipinski definition) is 0. The van der Waals surface area contributed by atoms with Crippen molar-refractivity contribution in [1.82, 2.24) is 9.13 Å². The Bertz CT molecular complexity index is 857. The molecule has 1 aromatic heterocycles. The van der Waals surface area contributed by atoms with Crippen molar-refractivity contribution in [3.05, 3.63) is 62.7 Å². The molecule has 24 heavy (non-hydrogen) atoms. The SMILES string of the molecule is CCOC(=O)c1cn(CC(F)F)c(=O)n(-c2ccc(F)cc2)c1=O. The van der Waals surface area contributed by atoms with Gasteiger partial charge < -0.3 is 4.74 Å². The van der Waals surface area contributed by atoms with E-state index < -0.39 is 41.6 Å². The highest BCUT2D eigenvalue weighted by Crippen LogP contribution is 2.06. The van der Waals surface area contributed by atoms with Crippen LogP contribution in [0.4, 0.5) is 13.2 Å². The van der Waals surface area contributed by atoms with Crippen molar-refractivity contribution >= 4 is 5.97 Å². The van der Waals surface area contributed by atoms with Crippen LogP contribution in [0.3, 0.4) is 0 Å². The zero-order valence-corrected chi connectivity index (χ0v) is 12.5. The lowest BCUT2D eigenvalue weighted by Gasteiger charge is -2.12. The summed E-state index contributed by atoms with van der Waals surface area (Å²) in [4.78, 5) is 36.5. The zero-order chi connectivity index (χ0) is 17.9. The fourth-order valence-corrected chi connectivity index (χ4v) is 2.05. The topological polar surface area (TPSA) is 70.3 Å². The second-order valence-electron chi connectivity index (χ2n) is 4.71. The number of carbonyl (C=O) groups is 1. The van der Waals surface area contributed by atoms with Gasteiger partial charge in [0.15, 0.2) is 0 Å². The third-order valence-electron chi connectivity index (χ3n) is 3.07. The molecule has 0 aliphatic carbocycles. The summed E-state index contributed by atoms with van der Waals surface area (Å²) in [6.07, 6.45) is -2.13. The van der Waals surface area contributed by atoms with Gasteiger partial charge in [0, 0.05) is 6.20 Å². The second-order valence-corrected chi connectivity index (χ2v) is 4.71. The van der Waals surface area contributed by atoms with Crippen molar-refractivity contribution in [2.45, 2.75) is 19.9 Å². The molecule has 0 spiro atoms. The Morgan fingerprint density at radius 2 is 1.83 bits per heavy atom. The first-order chi connectivity index (χ1) is 11.3. The predicted octanol–water partition coefficient (Wildman–Crippen LogP) is 1.58. The molecule has 0 N–H and O–H groups in total. The van der Waals surface area contributed by atoms with Crippen LogP contribution in [0, 0.1) is 5.82 Å². The summed E-state index contributed by atoms with van der Waals surface area (Å²) in [5, 5.41) is 0. The smallest absolute Gasteiger partial charge is 0.345 e. The first kappa shape index (κ1) is 17.5. The van der Waals surface area contributed by atoms with Crippen molar-refractivity contribution in [2.75, 3.05) is 6.61 Å². The average Bonchev–Trinajstić information content (AvgIpc) is 2.51. The van der Waals surface area contributed by atoms with Crippen LogP contribution in [0.1, 0.15) is 17.3 Å². The normalized spacial score (nSPS) is 10.9. The molecule has 0 bridgehead atoms. The highest BCUT2D eigenvalue weighted by atomic mass is 19.3. The molecule has 2 rings (SSSR count).